The first-order valence-electron chi connectivity index (χ1n) is 12.1. The number of hydrogen-bond donors (Lipinski definition) is 9. The number of aliphatic hydroxyl groups excluding tert-OH is 2. The highest BCUT2D eigenvalue weighted by Gasteiger charge is 2.51. The smallest absolute Gasteiger partial charge is 0.383 e. The summed E-state index contributed by atoms with van der Waals surface area (Å²) >= 11 is 12.8. The molecule has 2 aliphatic rings. The summed E-state index contributed by atoms with van der Waals surface area (Å²) in [5.74, 6) is 0. The molecule has 0 aliphatic carbocycles. The highest BCUT2D eigenvalue weighted by molar-refractivity contribution is 8.44. The van der Waals surface area contributed by atoms with E-state index < -0.39 is 105 Å². The van der Waals surface area contributed by atoms with Gasteiger partial charge in [0, 0.05) is 24.5 Å². The van der Waals surface area contributed by atoms with Crippen LogP contribution < -0.4 is 22.5 Å². The van der Waals surface area contributed by atoms with E-state index in [1.165, 1.54) is 0 Å². The van der Waals surface area contributed by atoms with Crippen LogP contribution in [0.2, 0.25) is 0 Å². The SMILES string of the molecule is O=c1ccn([C@@H]2O[C@H](COP(O)(=S)O[C@H]3[C@@H](O)[C@H](n4ccc(=O)[nH]c4=O)O[C@@H]3COP(O)(O)=S)[C@@H](OP(=O)(O)S)[C@H]2O)c(=O)[nH]1. The van der Waals surface area contributed by atoms with E-state index >= 15 is 0 Å². The molecule has 21 nitrogen and oxygen atoms in total. The largest absolute Gasteiger partial charge is 0.386 e. The van der Waals surface area contributed by atoms with Crippen LogP contribution in [0.4, 0.5) is 0 Å². The van der Waals surface area contributed by atoms with E-state index in [1.807, 2.05) is 9.97 Å². The Bertz CT molecular complexity index is 1770. The van der Waals surface area contributed by atoms with Gasteiger partial charge in [-0.15, -0.1) is 0 Å². The zero-order chi connectivity index (χ0) is 33.5. The van der Waals surface area contributed by atoms with E-state index in [0.717, 1.165) is 33.7 Å². The molecule has 2 fully saturated rings. The Balaban J connectivity index is 1.54. The lowest BCUT2D eigenvalue weighted by Gasteiger charge is -2.27. The van der Waals surface area contributed by atoms with Crippen LogP contribution >= 0.6 is 32.5 Å². The number of rotatable bonds is 12. The summed E-state index contributed by atoms with van der Waals surface area (Å²) in [5.41, 5.74) is -3.55. The van der Waals surface area contributed by atoms with E-state index in [1.54, 1.807) is 0 Å². The summed E-state index contributed by atoms with van der Waals surface area (Å²) in [4.78, 5) is 90.8. The number of nitrogens with zero attached hydrogens (tertiary/aromatic N) is 2. The fourth-order valence-electron chi connectivity index (χ4n) is 4.36. The monoisotopic (exact) mass is 758 g/mol. The second kappa shape index (κ2) is 14.1. The van der Waals surface area contributed by atoms with Crippen LogP contribution in [-0.4, -0.2) is 98.7 Å². The molecule has 2 unspecified atom stereocenters. The van der Waals surface area contributed by atoms with Gasteiger partial charge in [-0.05, 0) is 23.6 Å². The number of aromatic amines is 2. The molecule has 0 saturated carbocycles. The van der Waals surface area contributed by atoms with Gasteiger partial charge < -0.3 is 48.3 Å². The van der Waals surface area contributed by atoms with Crippen LogP contribution in [0.5, 0.6) is 0 Å². The minimum Gasteiger partial charge on any atom is -0.386 e. The van der Waals surface area contributed by atoms with E-state index in [2.05, 4.69) is 24.1 Å². The maximum Gasteiger partial charge on any atom is 0.383 e. The molecular formula is C18H25N4O17P3S3. The van der Waals surface area contributed by atoms with E-state index in [-0.39, 0.29) is 0 Å². The van der Waals surface area contributed by atoms with Crippen molar-refractivity contribution in [3.05, 3.63) is 66.2 Å². The average Bonchev–Trinajstić information content (AvgIpc) is 3.36. The maximum atomic E-state index is 12.3. The van der Waals surface area contributed by atoms with Gasteiger partial charge in [0.15, 0.2) is 12.5 Å². The lowest BCUT2D eigenvalue weighted by Crippen LogP contribution is -2.39. The molecule has 10 atom stereocenters. The molecular weight excluding hydrogens is 733 g/mol. The van der Waals surface area contributed by atoms with Gasteiger partial charge in [-0.3, -0.25) is 37.7 Å². The van der Waals surface area contributed by atoms with Gasteiger partial charge in [0.05, 0.1) is 13.2 Å². The Morgan fingerprint density at radius 2 is 1.22 bits per heavy atom. The lowest BCUT2D eigenvalue weighted by atomic mass is 10.1. The fourth-order valence-corrected chi connectivity index (χ4v) is 7.24. The van der Waals surface area contributed by atoms with Crippen molar-refractivity contribution in [2.75, 3.05) is 13.2 Å². The zero-order valence-electron chi connectivity index (χ0n) is 22.0. The molecule has 2 saturated heterocycles. The quantitative estimate of drug-likeness (QED) is 0.0763. The molecule has 0 spiro atoms. The molecule has 0 amide bonds. The second-order valence-electron chi connectivity index (χ2n) is 9.33. The molecule has 252 valence electrons. The normalized spacial score (nSPS) is 31.4. The molecule has 0 radical (unpaired) electrons. The molecule has 45 heavy (non-hydrogen) atoms. The number of aromatic nitrogens is 4. The van der Waals surface area contributed by atoms with Crippen molar-refractivity contribution in [1.29, 1.82) is 0 Å². The Morgan fingerprint density at radius 1 is 0.800 bits per heavy atom. The number of thiol groups is 1. The fraction of sp³-hybridized carbons (Fsp3) is 0.556. The first kappa shape index (κ1) is 36.6. The zero-order valence-corrected chi connectivity index (χ0v) is 27.2. The predicted molar refractivity (Wildman–Crippen MR) is 158 cm³/mol. The van der Waals surface area contributed by atoms with Crippen molar-refractivity contribution in [3.8, 4) is 0 Å². The van der Waals surface area contributed by atoms with Gasteiger partial charge in [-0.2, -0.15) is 0 Å². The van der Waals surface area contributed by atoms with Crippen LogP contribution in [0, 0.1) is 0 Å². The third kappa shape index (κ3) is 9.44. The molecule has 2 aromatic rings. The van der Waals surface area contributed by atoms with E-state index in [0.29, 0.717) is 0 Å². The number of aliphatic hydroxyl groups is 2. The van der Waals surface area contributed by atoms with Gasteiger partial charge in [-0.1, -0.05) is 12.2 Å². The lowest BCUT2D eigenvalue weighted by molar-refractivity contribution is -0.0568. The van der Waals surface area contributed by atoms with Gasteiger partial charge in [0.1, 0.15) is 36.6 Å². The van der Waals surface area contributed by atoms with Gasteiger partial charge in [0.2, 0.25) is 0 Å². The van der Waals surface area contributed by atoms with Crippen LogP contribution in [0.15, 0.2) is 43.7 Å². The maximum absolute atomic E-state index is 12.3. The Kier molecular flexibility index (Phi) is 11.5. The highest BCUT2D eigenvalue weighted by atomic mass is 32.7. The predicted octanol–water partition coefficient (Wildman–Crippen LogP) is -3.14. The molecule has 27 heteroatoms. The van der Waals surface area contributed by atoms with Crippen LogP contribution in [-0.2, 0) is 55.7 Å². The van der Waals surface area contributed by atoms with Crippen molar-refractivity contribution >= 4 is 56.1 Å². The van der Waals surface area contributed by atoms with Gasteiger partial charge >= 0.3 is 31.6 Å². The molecule has 0 bridgehead atoms. The summed E-state index contributed by atoms with van der Waals surface area (Å²) in [5, 5.41) is 21.7. The minimum absolute atomic E-state index is 0.745. The Morgan fingerprint density at radius 3 is 1.62 bits per heavy atom. The van der Waals surface area contributed by atoms with Gasteiger partial charge in [0.25, 0.3) is 11.1 Å². The molecule has 2 aromatic heterocycles. The van der Waals surface area contributed by atoms with E-state index in [9.17, 15) is 53.5 Å². The molecule has 2 aliphatic heterocycles. The molecule has 4 rings (SSSR count). The third-order valence-corrected chi connectivity index (χ3v) is 9.35. The molecule has 0 aromatic carbocycles. The average molecular weight is 759 g/mol. The summed E-state index contributed by atoms with van der Waals surface area (Å²) in [6.45, 7) is -15.0. The first-order valence-corrected chi connectivity index (χ1v) is 20.1. The second-order valence-corrected chi connectivity index (χ2v) is 17.5. The Hall–Kier alpha value is -1.24. The number of hydrogen-bond acceptors (Lipinski definition) is 15. The third-order valence-electron chi connectivity index (χ3n) is 6.19. The van der Waals surface area contributed by atoms with Crippen LogP contribution in [0.25, 0.3) is 0 Å². The first-order chi connectivity index (χ1) is 20.7. The van der Waals surface area contributed by atoms with Crippen LogP contribution in [0.3, 0.4) is 0 Å². The summed E-state index contributed by atoms with van der Waals surface area (Å²) in [7, 11) is 0. The van der Waals surface area contributed by atoms with E-state index in [4.69, 9.17) is 39.4 Å². The van der Waals surface area contributed by atoms with Crippen LogP contribution in [0.1, 0.15) is 12.5 Å². The number of ether oxygens (including phenoxy) is 2. The summed E-state index contributed by atoms with van der Waals surface area (Å²) in [6, 6.07) is 1.88. The van der Waals surface area contributed by atoms with Crippen molar-refractivity contribution in [3.63, 3.8) is 0 Å². The molecule has 4 heterocycles. The van der Waals surface area contributed by atoms with Crippen molar-refractivity contribution < 1.29 is 61.9 Å². The standard InChI is InChI=1S/C18H25N4O17P3S3/c23-9-1-3-21(17(27)19-9)15-11(25)13(38-41(31,32)44)8(37-15)6-35-42(33,45)39-14-7(5-34-40(29,30)43)36-16(12(14)26)22-4-2-10(24)20-18(22)28/h1-4,7-8,11-16,25-26H,5-6H2,(H,33,45)(H,19,23,27)(H,20,24,28)(H2,29,30,43)(H2,31,32,44)/t7-,8-,11-,12-,13-,14-,15-,16-,42?/m1/s1. The summed E-state index contributed by atoms with van der Waals surface area (Å²) in [6.07, 6.45) is -11.4. The van der Waals surface area contributed by atoms with Gasteiger partial charge in [-0.25, -0.2) is 14.2 Å². The summed E-state index contributed by atoms with van der Waals surface area (Å²) < 4.78 is 45.0. The topological polar surface area (TPSA) is 304 Å². The Labute approximate surface area is 265 Å². The molecule has 8 N–H and O–H groups in total. The number of nitrogens with one attached hydrogen (secondary N) is 2. The highest BCUT2D eigenvalue weighted by Crippen LogP contribution is 2.53. The number of H-pyrrole nitrogens is 2. The van der Waals surface area contributed by atoms with Crippen molar-refractivity contribution in [1.82, 2.24) is 19.1 Å². The minimum atomic E-state index is -4.61. The van der Waals surface area contributed by atoms with Crippen molar-refractivity contribution in [2.45, 2.75) is 49.1 Å². The van der Waals surface area contributed by atoms with Crippen molar-refractivity contribution in [2.24, 2.45) is 0 Å².